The van der Waals surface area contributed by atoms with Crippen LogP contribution in [0.2, 0.25) is 0 Å². The van der Waals surface area contributed by atoms with Crippen molar-refractivity contribution < 1.29 is 34.4 Å². The molecule has 3 N–H and O–H groups in total. The molecule has 7 heteroatoms. The van der Waals surface area contributed by atoms with E-state index in [2.05, 4.69) is 124 Å². The second-order valence-electron chi connectivity index (χ2n) is 29.0. The molecule has 81 heavy (non-hydrogen) atoms. The van der Waals surface area contributed by atoms with Crippen LogP contribution in [0.4, 0.5) is 0 Å². The highest BCUT2D eigenvalue weighted by molar-refractivity contribution is 5.93. The predicted molar refractivity (Wildman–Crippen MR) is 318 cm³/mol. The van der Waals surface area contributed by atoms with E-state index in [9.17, 15) is 20.1 Å². The van der Waals surface area contributed by atoms with Crippen molar-refractivity contribution in [2.24, 2.45) is 63.6 Å². The first-order valence-corrected chi connectivity index (χ1v) is 32.6. The maximum atomic E-state index is 15.3. The van der Waals surface area contributed by atoms with Crippen molar-refractivity contribution in [2.75, 3.05) is 6.61 Å². The van der Waals surface area contributed by atoms with Crippen molar-refractivity contribution in [1.29, 1.82) is 0 Å². The standard InChI is InChI=1S/C74H90O7/c1-46(16-14-19-48-17-6-4-7-18-48)40-52-28-27-50-20-10-11-24-56(50)69(78)81-61-41-47(2)73(79,39-31-49-42-63(76)80-45-49)74(68(52)77)62(75)34-36-70(3,67(61)74)55-33-38-71-37-32-53-44-72(54-22-8-5-9-23-54)35-13-12-26-59(72)58-30-29-51-21-15-25-57(60(71)43-55)64(51)65(58)66(53)71/h4-9,15,17-18,21-23,25,29-30,42,46-47,50,52-53,55-56,59-62,66-68,75,77,79H,10-14,16,19-20,24,26,31-41,43-45H2,1-3H3. The first kappa shape index (κ1) is 54.2. The second-order valence-corrected chi connectivity index (χ2v) is 29.0. The van der Waals surface area contributed by atoms with Crippen LogP contribution < -0.4 is 0 Å². The zero-order valence-electron chi connectivity index (χ0n) is 48.8. The normalized spacial score (nSPS) is 41.5. The summed E-state index contributed by atoms with van der Waals surface area (Å²) in [5.74, 6) is 7.04. The zero-order valence-corrected chi connectivity index (χ0v) is 48.8. The highest BCUT2D eigenvalue weighted by Crippen LogP contribution is 2.77. The summed E-state index contributed by atoms with van der Waals surface area (Å²) in [7, 11) is 0. The molecule has 7 nitrogen and oxygen atoms in total. The predicted octanol–water partition coefficient (Wildman–Crippen LogP) is 14.8. The molecular weight excluding hydrogens is 1000 g/mol. The first-order valence-electron chi connectivity index (χ1n) is 32.6. The Morgan fingerprint density at radius 3 is 2.37 bits per heavy atom. The second kappa shape index (κ2) is 20.8. The summed E-state index contributed by atoms with van der Waals surface area (Å²) >= 11 is 0. The summed E-state index contributed by atoms with van der Waals surface area (Å²) in [6.45, 7) is 7.00. The Kier molecular flexibility index (Phi) is 13.9. The fourth-order valence-electron chi connectivity index (χ4n) is 22.0. The molecular formula is C74H90O7. The number of aliphatic hydroxyl groups is 3. The monoisotopic (exact) mass is 1090 g/mol. The molecule has 19 atom stereocenters. The Morgan fingerprint density at radius 2 is 1.56 bits per heavy atom. The van der Waals surface area contributed by atoms with Crippen LogP contribution in [0.3, 0.4) is 0 Å². The molecule has 6 fully saturated rings. The Balaban J connectivity index is 0.897. The molecule has 0 aromatic heterocycles. The van der Waals surface area contributed by atoms with Gasteiger partial charge in [0.2, 0.25) is 0 Å². The Morgan fingerprint density at radius 1 is 0.765 bits per heavy atom. The van der Waals surface area contributed by atoms with Gasteiger partial charge in [-0.15, -0.1) is 0 Å². The molecule has 6 saturated carbocycles. The minimum Gasteiger partial charge on any atom is -0.462 e. The maximum Gasteiger partial charge on any atom is 0.331 e. The van der Waals surface area contributed by atoms with Crippen LogP contribution in [-0.2, 0) is 30.9 Å². The lowest BCUT2D eigenvalue weighted by Gasteiger charge is -2.71. The van der Waals surface area contributed by atoms with Crippen LogP contribution in [0.5, 0.6) is 0 Å². The molecule has 8 aliphatic carbocycles. The van der Waals surface area contributed by atoms with E-state index in [4.69, 9.17) is 9.47 Å². The molecule has 2 aliphatic heterocycles. The topological polar surface area (TPSA) is 113 Å². The first-order chi connectivity index (χ1) is 39.3. The molecule has 0 radical (unpaired) electrons. The van der Waals surface area contributed by atoms with Gasteiger partial charge in [-0.3, -0.25) is 4.79 Å². The number of fused-ring (bicyclic) bond motifs is 4. The van der Waals surface area contributed by atoms with E-state index in [0.29, 0.717) is 55.8 Å². The number of esters is 2. The van der Waals surface area contributed by atoms with Crippen molar-refractivity contribution in [3.8, 4) is 11.8 Å². The van der Waals surface area contributed by atoms with Gasteiger partial charge < -0.3 is 24.8 Å². The van der Waals surface area contributed by atoms with Crippen molar-refractivity contribution in [3.63, 3.8) is 0 Å². The molecule has 0 amide bonds. The van der Waals surface area contributed by atoms with Gasteiger partial charge in [0.15, 0.2) is 0 Å². The number of hydrogen-bond acceptors (Lipinski definition) is 7. The summed E-state index contributed by atoms with van der Waals surface area (Å²) in [6.07, 6.45) is 19.8. The van der Waals surface area contributed by atoms with Crippen LogP contribution in [-0.4, -0.2) is 57.8 Å². The molecule has 4 aromatic rings. The lowest BCUT2D eigenvalue weighted by Crippen LogP contribution is -2.77. The lowest BCUT2D eigenvalue weighted by atomic mass is 9.36. The quantitative estimate of drug-likeness (QED) is 0.101. The molecule has 2 bridgehead atoms. The van der Waals surface area contributed by atoms with E-state index < -0.39 is 52.5 Å². The summed E-state index contributed by atoms with van der Waals surface area (Å²) in [5.41, 5.74) is 5.13. The minimum atomic E-state index is -1.61. The molecule has 0 saturated heterocycles. The van der Waals surface area contributed by atoms with Crippen LogP contribution in [0.25, 0.3) is 10.8 Å². The van der Waals surface area contributed by atoms with Gasteiger partial charge in [-0.1, -0.05) is 156 Å². The van der Waals surface area contributed by atoms with E-state index in [1.54, 1.807) is 22.8 Å². The average molecular weight is 1090 g/mol. The van der Waals surface area contributed by atoms with E-state index in [1.807, 2.05) is 0 Å². The van der Waals surface area contributed by atoms with Crippen LogP contribution in [0, 0.1) is 75.4 Å². The number of cyclic esters (lactones) is 1. The van der Waals surface area contributed by atoms with Gasteiger partial charge in [0.05, 0.1) is 29.1 Å². The average Bonchev–Trinajstić information content (AvgIpc) is 3.65. The lowest BCUT2D eigenvalue weighted by molar-refractivity contribution is -0.331. The van der Waals surface area contributed by atoms with Crippen molar-refractivity contribution in [2.45, 2.75) is 216 Å². The molecule has 428 valence electrons. The van der Waals surface area contributed by atoms with E-state index in [0.717, 1.165) is 69.8 Å². The van der Waals surface area contributed by atoms with Crippen LogP contribution in [0.15, 0.2) is 103 Å². The summed E-state index contributed by atoms with van der Waals surface area (Å²) in [4.78, 5) is 27.9. The van der Waals surface area contributed by atoms with E-state index in [1.165, 1.54) is 66.8 Å². The molecule has 1 spiro atoms. The van der Waals surface area contributed by atoms with Gasteiger partial charge >= 0.3 is 11.9 Å². The number of carbonyl (C=O) groups is 2. The number of aliphatic hydroxyl groups excluding tert-OH is 2. The van der Waals surface area contributed by atoms with Crippen LogP contribution in [0.1, 0.15) is 208 Å². The van der Waals surface area contributed by atoms with Gasteiger partial charge in [0.25, 0.3) is 0 Å². The third-order valence-corrected chi connectivity index (χ3v) is 25.5. The fourth-order valence-corrected chi connectivity index (χ4v) is 22.0. The fraction of sp³-hybridized carbons (Fsp3) is 0.622. The van der Waals surface area contributed by atoms with Crippen molar-refractivity contribution >= 4 is 22.7 Å². The molecule has 14 rings (SSSR count). The third-order valence-electron chi connectivity index (χ3n) is 25.5. The molecule has 2 heterocycles. The Labute approximate surface area is 482 Å². The van der Waals surface area contributed by atoms with Gasteiger partial charge in [0.1, 0.15) is 12.7 Å². The van der Waals surface area contributed by atoms with Gasteiger partial charge in [0, 0.05) is 29.2 Å². The summed E-state index contributed by atoms with van der Waals surface area (Å²) < 4.78 is 12.7. The van der Waals surface area contributed by atoms with E-state index >= 15 is 4.79 Å². The smallest absolute Gasteiger partial charge is 0.331 e. The number of benzene rings is 4. The number of hydrogen-bond donors (Lipinski definition) is 3. The molecule has 4 aromatic carbocycles. The van der Waals surface area contributed by atoms with Crippen molar-refractivity contribution in [1.82, 2.24) is 0 Å². The number of aryl methyl sites for hydroxylation is 1. The van der Waals surface area contributed by atoms with Gasteiger partial charge in [-0.05, 0) is 212 Å². The largest absolute Gasteiger partial charge is 0.462 e. The molecule has 10 aliphatic rings. The SMILES string of the molecule is CC(CCCc1ccccc1)CC1C#CC2CCCCC2C(=O)OC2CC(C)C(O)(CCC3=CC(=O)OC3)C3(C(O)CCC(C)(C4CCC56CCC7CC8(c9ccccc9)CCCCC8c8ccc9cccc(c9c8C75)C6C4)C23)C1O. The van der Waals surface area contributed by atoms with Gasteiger partial charge in [-0.25, -0.2) is 4.79 Å². The Hall–Kier alpha value is -4.74. The highest BCUT2D eigenvalue weighted by atomic mass is 16.5. The maximum absolute atomic E-state index is 15.3. The van der Waals surface area contributed by atoms with Crippen LogP contribution >= 0.6 is 0 Å². The third kappa shape index (κ3) is 8.40. The molecule has 19 unspecified atom stereocenters. The highest BCUT2D eigenvalue weighted by Gasteiger charge is 2.76. The summed E-state index contributed by atoms with van der Waals surface area (Å²) in [5, 5.41) is 45.4. The minimum absolute atomic E-state index is 0.110. The number of ether oxygens (including phenoxy) is 2. The van der Waals surface area contributed by atoms with Gasteiger partial charge in [-0.2, -0.15) is 0 Å². The zero-order chi connectivity index (χ0) is 55.5. The van der Waals surface area contributed by atoms with E-state index in [-0.39, 0.29) is 59.5 Å². The number of rotatable bonds is 11. The summed E-state index contributed by atoms with van der Waals surface area (Å²) in [6, 6.07) is 34.7. The Bertz CT molecular complexity index is 3140. The number of carbonyl (C=O) groups excluding carboxylic acids is 2. The van der Waals surface area contributed by atoms with Crippen molar-refractivity contribution in [3.05, 3.63) is 130 Å².